The quantitative estimate of drug-likeness (QED) is 0.601. The van der Waals surface area contributed by atoms with Crippen molar-refractivity contribution in [2.45, 2.75) is 19.4 Å². The van der Waals surface area contributed by atoms with Gasteiger partial charge in [-0.2, -0.15) is 0 Å². The second kappa shape index (κ2) is 9.70. The van der Waals surface area contributed by atoms with Gasteiger partial charge in [-0.3, -0.25) is 14.5 Å². The van der Waals surface area contributed by atoms with Crippen LogP contribution in [0.1, 0.15) is 13.3 Å². The minimum atomic E-state index is -0.0725. The average molecular weight is 301 g/mol. The molecule has 0 saturated carbocycles. The summed E-state index contributed by atoms with van der Waals surface area (Å²) in [5.41, 5.74) is 0. The highest BCUT2D eigenvalue weighted by Gasteiger charge is 2.22. The maximum Gasteiger partial charge on any atom is 0.236 e. The lowest BCUT2D eigenvalue weighted by Gasteiger charge is -2.32. The van der Waals surface area contributed by atoms with Crippen molar-refractivity contribution in [2.75, 3.05) is 60.1 Å². The third kappa shape index (κ3) is 7.40. The molecule has 0 aliphatic carbocycles. The molecule has 2 amide bonds. The van der Waals surface area contributed by atoms with Crippen LogP contribution in [0, 0.1) is 0 Å². The molecule has 7 heteroatoms. The van der Waals surface area contributed by atoms with Gasteiger partial charge in [0, 0.05) is 33.4 Å². The number of methoxy groups -OCH3 is 1. The fraction of sp³-hybridized carbons (Fsp3) is 0.857. The molecule has 1 rings (SSSR count). The molecular formula is C14H27N3O4. The van der Waals surface area contributed by atoms with Crippen LogP contribution in [-0.4, -0.2) is 87.8 Å². The van der Waals surface area contributed by atoms with Gasteiger partial charge in [0.2, 0.25) is 11.8 Å². The van der Waals surface area contributed by atoms with E-state index in [1.54, 1.807) is 24.0 Å². The zero-order valence-electron chi connectivity index (χ0n) is 13.3. The van der Waals surface area contributed by atoms with Crippen molar-refractivity contribution in [3.05, 3.63) is 0 Å². The van der Waals surface area contributed by atoms with Crippen molar-refractivity contribution in [1.82, 2.24) is 15.1 Å². The van der Waals surface area contributed by atoms with Gasteiger partial charge in [0.1, 0.15) is 0 Å². The second-order valence-corrected chi connectivity index (χ2v) is 5.39. The van der Waals surface area contributed by atoms with Gasteiger partial charge in [0.25, 0.3) is 0 Å². The monoisotopic (exact) mass is 301 g/mol. The van der Waals surface area contributed by atoms with Crippen LogP contribution in [0.25, 0.3) is 0 Å². The number of carbonyl (C=O) groups is 2. The standard InChI is InChI=1S/C14H27N3O4/c1-12-9-17(6-8-21-12)14(19)11-16(2)10-13(18)15-5-4-7-20-3/h12H,4-11H2,1-3H3,(H,15,18). The van der Waals surface area contributed by atoms with Crippen LogP contribution in [0.2, 0.25) is 0 Å². The van der Waals surface area contributed by atoms with Crippen molar-refractivity contribution >= 4 is 11.8 Å². The molecule has 0 aromatic heterocycles. The summed E-state index contributed by atoms with van der Waals surface area (Å²) in [6, 6.07) is 0. The topological polar surface area (TPSA) is 71.1 Å². The summed E-state index contributed by atoms with van der Waals surface area (Å²) in [6.45, 7) is 5.47. The highest BCUT2D eigenvalue weighted by molar-refractivity contribution is 5.81. The third-order valence-electron chi connectivity index (χ3n) is 3.26. The number of ether oxygens (including phenoxy) is 2. The van der Waals surface area contributed by atoms with Crippen LogP contribution in [0.4, 0.5) is 0 Å². The fourth-order valence-electron chi connectivity index (χ4n) is 2.18. The molecule has 7 nitrogen and oxygen atoms in total. The van der Waals surface area contributed by atoms with E-state index in [-0.39, 0.29) is 31.0 Å². The number of carbonyl (C=O) groups excluding carboxylic acids is 2. The van der Waals surface area contributed by atoms with E-state index in [0.29, 0.717) is 32.8 Å². The minimum Gasteiger partial charge on any atom is -0.385 e. The van der Waals surface area contributed by atoms with Crippen LogP contribution < -0.4 is 5.32 Å². The van der Waals surface area contributed by atoms with Crippen LogP contribution in [0.5, 0.6) is 0 Å². The van der Waals surface area contributed by atoms with Crippen molar-refractivity contribution < 1.29 is 19.1 Å². The summed E-state index contributed by atoms with van der Waals surface area (Å²) in [5.74, 6) is -0.0309. The van der Waals surface area contributed by atoms with E-state index >= 15 is 0 Å². The molecule has 0 aromatic rings. The van der Waals surface area contributed by atoms with Gasteiger partial charge in [-0.05, 0) is 20.4 Å². The highest BCUT2D eigenvalue weighted by Crippen LogP contribution is 2.04. The number of nitrogens with zero attached hydrogens (tertiary/aromatic N) is 2. The lowest BCUT2D eigenvalue weighted by atomic mass is 10.3. The van der Waals surface area contributed by atoms with Crippen LogP contribution in [-0.2, 0) is 19.1 Å². The van der Waals surface area contributed by atoms with E-state index in [9.17, 15) is 9.59 Å². The molecule has 122 valence electrons. The number of nitrogens with one attached hydrogen (secondary N) is 1. The third-order valence-corrected chi connectivity index (χ3v) is 3.26. The number of likely N-dealkylation sites (N-methyl/N-ethyl adjacent to an activating group) is 1. The molecule has 1 unspecified atom stereocenters. The molecule has 0 radical (unpaired) electrons. The maximum atomic E-state index is 12.1. The molecule has 1 aliphatic rings. The molecule has 1 fully saturated rings. The minimum absolute atomic E-state index is 0.0415. The van der Waals surface area contributed by atoms with Crippen molar-refractivity contribution in [3.8, 4) is 0 Å². The summed E-state index contributed by atoms with van der Waals surface area (Å²) in [5, 5.41) is 2.80. The van der Waals surface area contributed by atoms with Gasteiger partial charge >= 0.3 is 0 Å². The summed E-state index contributed by atoms with van der Waals surface area (Å²) in [4.78, 5) is 27.3. The Morgan fingerprint density at radius 1 is 1.43 bits per heavy atom. The van der Waals surface area contributed by atoms with Crippen molar-refractivity contribution in [3.63, 3.8) is 0 Å². The summed E-state index contributed by atoms with van der Waals surface area (Å²) in [7, 11) is 3.41. The SMILES string of the molecule is COCCCNC(=O)CN(C)CC(=O)N1CCOC(C)C1. The largest absolute Gasteiger partial charge is 0.385 e. The second-order valence-electron chi connectivity index (χ2n) is 5.39. The number of morpholine rings is 1. The molecular weight excluding hydrogens is 274 g/mol. The molecule has 1 N–H and O–H groups in total. The van der Waals surface area contributed by atoms with Crippen molar-refractivity contribution in [2.24, 2.45) is 0 Å². The first kappa shape index (κ1) is 17.9. The summed E-state index contributed by atoms with van der Waals surface area (Å²) in [6.07, 6.45) is 0.869. The van der Waals surface area contributed by atoms with E-state index in [4.69, 9.17) is 9.47 Å². The van der Waals surface area contributed by atoms with Crippen LogP contribution in [0.3, 0.4) is 0 Å². The molecule has 0 aromatic carbocycles. The van der Waals surface area contributed by atoms with E-state index in [2.05, 4.69) is 5.32 Å². The number of rotatable bonds is 8. The van der Waals surface area contributed by atoms with Gasteiger partial charge in [0.05, 0.1) is 25.8 Å². The average Bonchev–Trinajstić information content (AvgIpc) is 2.43. The number of hydrogen-bond acceptors (Lipinski definition) is 5. The normalized spacial score (nSPS) is 18.9. The maximum absolute atomic E-state index is 12.1. The Balaban J connectivity index is 2.21. The number of hydrogen-bond donors (Lipinski definition) is 1. The van der Waals surface area contributed by atoms with Gasteiger partial charge in [0.15, 0.2) is 0 Å². The Hall–Kier alpha value is -1.18. The van der Waals surface area contributed by atoms with Crippen LogP contribution in [0.15, 0.2) is 0 Å². The van der Waals surface area contributed by atoms with Gasteiger partial charge in [-0.25, -0.2) is 0 Å². The predicted octanol–water partition coefficient (Wildman–Crippen LogP) is -0.682. The molecule has 1 heterocycles. The first-order valence-electron chi connectivity index (χ1n) is 7.36. The van der Waals surface area contributed by atoms with Gasteiger partial charge in [-0.1, -0.05) is 0 Å². The Kier molecular flexibility index (Phi) is 8.26. The molecule has 0 bridgehead atoms. The smallest absolute Gasteiger partial charge is 0.236 e. The highest BCUT2D eigenvalue weighted by atomic mass is 16.5. The van der Waals surface area contributed by atoms with E-state index in [1.165, 1.54) is 0 Å². The van der Waals surface area contributed by atoms with Gasteiger partial charge in [-0.15, -0.1) is 0 Å². The summed E-state index contributed by atoms with van der Waals surface area (Å²) < 4.78 is 10.3. The number of amides is 2. The van der Waals surface area contributed by atoms with Gasteiger partial charge < -0.3 is 19.7 Å². The Labute approximate surface area is 126 Å². The van der Waals surface area contributed by atoms with Crippen LogP contribution >= 0.6 is 0 Å². The Morgan fingerprint density at radius 2 is 2.19 bits per heavy atom. The zero-order chi connectivity index (χ0) is 15.7. The van der Waals surface area contributed by atoms with Crippen molar-refractivity contribution in [1.29, 1.82) is 0 Å². The molecule has 1 atom stereocenters. The predicted molar refractivity (Wildman–Crippen MR) is 79.0 cm³/mol. The molecule has 1 saturated heterocycles. The Morgan fingerprint density at radius 3 is 2.86 bits per heavy atom. The zero-order valence-corrected chi connectivity index (χ0v) is 13.3. The van der Waals surface area contributed by atoms with E-state index < -0.39 is 0 Å². The Bertz CT molecular complexity index is 338. The molecule has 0 spiro atoms. The summed E-state index contributed by atoms with van der Waals surface area (Å²) >= 11 is 0. The lowest BCUT2D eigenvalue weighted by Crippen LogP contribution is -2.48. The van der Waals surface area contributed by atoms with E-state index in [1.807, 2.05) is 6.92 Å². The first-order valence-corrected chi connectivity index (χ1v) is 7.36. The van der Waals surface area contributed by atoms with E-state index in [0.717, 1.165) is 6.42 Å². The molecule has 21 heavy (non-hydrogen) atoms. The fourth-order valence-corrected chi connectivity index (χ4v) is 2.18. The lowest BCUT2D eigenvalue weighted by molar-refractivity contribution is -0.139. The first-order chi connectivity index (χ1) is 10.0. The molecule has 1 aliphatic heterocycles.